The molecule has 3 heterocycles. The number of likely N-dealkylation sites (N-methyl/N-ethyl adjacent to an activating group) is 1. The molecule has 1 aromatic carbocycles. The molecule has 0 unspecified atom stereocenters. The van der Waals surface area contributed by atoms with Gasteiger partial charge >= 0.3 is 0 Å². The van der Waals surface area contributed by atoms with E-state index in [4.69, 9.17) is 11.6 Å². The molecular formula is C21H22ClN5. The van der Waals surface area contributed by atoms with E-state index in [2.05, 4.69) is 34.0 Å². The van der Waals surface area contributed by atoms with Crippen LogP contribution in [0.4, 0.5) is 0 Å². The summed E-state index contributed by atoms with van der Waals surface area (Å²) < 4.78 is 2.04. The van der Waals surface area contributed by atoms with Gasteiger partial charge in [0, 0.05) is 68.1 Å². The molecule has 138 valence electrons. The molecule has 0 atom stereocenters. The van der Waals surface area contributed by atoms with Crippen LogP contribution in [0.15, 0.2) is 36.7 Å². The number of nitrogens with zero attached hydrogens (tertiary/aromatic N) is 5. The molecule has 0 bridgehead atoms. The Balaban J connectivity index is 1.72. The molecule has 2 aromatic heterocycles. The first-order chi connectivity index (χ1) is 13.1. The fourth-order valence-corrected chi connectivity index (χ4v) is 3.99. The molecule has 4 rings (SSSR count). The first kappa shape index (κ1) is 18.0. The van der Waals surface area contributed by atoms with Crippen molar-refractivity contribution in [1.82, 2.24) is 19.4 Å². The zero-order chi connectivity index (χ0) is 19.0. The van der Waals surface area contributed by atoms with E-state index < -0.39 is 0 Å². The molecule has 27 heavy (non-hydrogen) atoms. The van der Waals surface area contributed by atoms with E-state index in [1.54, 1.807) is 0 Å². The van der Waals surface area contributed by atoms with E-state index in [0.29, 0.717) is 10.6 Å². The topological polar surface area (TPSA) is 48.1 Å². The first-order valence-corrected chi connectivity index (χ1v) is 9.48. The van der Waals surface area contributed by atoms with Crippen LogP contribution in [0.25, 0.3) is 22.2 Å². The van der Waals surface area contributed by atoms with E-state index >= 15 is 0 Å². The van der Waals surface area contributed by atoms with Crippen molar-refractivity contribution in [3.63, 3.8) is 0 Å². The van der Waals surface area contributed by atoms with Crippen LogP contribution >= 0.6 is 11.6 Å². The Labute approximate surface area is 164 Å². The van der Waals surface area contributed by atoms with Crippen molar-refractivity contribution in [3.05, 3.63) is 52.8 Å². The lowest BCUT2D eigenvalue weighted by molar-refractivity contribution is 0.148. The number of rotatable bonds is 3. The summed E-state index contributed by atoms with van der Waals surface area (Å²) in [5.41, 5.74) is 4.65. The summed E-state index contributed by atoms with van der Waals surface area (Å²) in [6.07, 6.45) is 3.76. The highest BCUT2D eigenvalue weighted by Gasteiger charge is 2.18. The third kappa shape index (κ3) is 3.44. The average Bonchev–Trinajstić information content (AvgIpc) is 2.95. The minimum absolute atomic E-state index is 0.668. The molecule has 3 aromatic rings. The Morgan fingerprint density at radius 3 is 2.63 bits per heavy atom. The zero-order valence-electron chi connectivity index (χ0n) is 15.6. The van der Waals surface area contributed by atoms with Crippen molar-refractivity contribution in [2.45, 2.75) is 6.54 Å². The number of halogens is 1. The molecule has 1 aliphatic rings. The maximum Gasteiger partial charge on any atom is 0.102 e. The Kier molecular flexibility index (Phi) is 4.88. The summed E-state index contributed by atoms with van der Waals surface area (Å²) in [5, 5.41) is 11.4. The summed E-state index contributed by atoms with van der Waals surface area (Å²) in [6.45, 7) is 5.20. The van der Waals surface area contributed by atoms with Gasteiger partial charge in [-0.3, -0.25) is 9.88 Å². The summed E-state index contributed by atoms with van der Waals surface area (Å²) >= 11 is 6.17. The number of fused-ring (bicyclic) bond motifs is 1. The quantitative estimate of drug-likeness (QED) is 0.698. The standard InChI is InChI=1S/C21H22ClN5/c1-25-5-7-27(8-6-25)14-15-9-16(13-24-12-15)21-19(11-23)18-4-3-17(22)10-20(18)26(21)2/h3-4,9-10,12-13H,5-8,14H2,1-2H3. The second kappa shape index (κ2) is 7.32. The van der Waals surface area contributed by atoms with Gasteiger partial charge in [0.05, 0.1) is 16.8 Å². The van der Waals surface area contributed by atoms with Gasteiger partial charge in [0.2, 0.25) is 0 Å². The minimum Gasteiger partial charge on any atom is -0.342 e. The lowest BCUT2D eigenvalue weighted by atomic mass is 10.1. The van der Waals surface area contributed by atoms with E-state index in [0.717, 1.165) is 54.9 Å². The molecule has 1 saturated heterocycles. The van der Waals surface area contributed by atoms with Gasteiger partial charge in [-0.15, -0.1) is 0 Å². The van der Waals surface area contributed by atoms with Gasteiger partial charge in [0.25, 0.3) is 0 Å². The van der Waals surface area contributed by atoms with E-state index in [1.165, 1.54) is 5.56 Å². The molecule has 0 aliphatic carbocycles. The number of nitriles is 1. The maximum absolute atomic E-state index is 9.79. The monoisotopic (exact) mass is 379 g/mol. The number of aromatic nitrogens is 2. The van der Waals surface area contributed by atoms with Crippen LogP contribution in [-0.4, -0.2) is 52.6 Å². The second-order valence-corrected chi connectivity index (χ2v) is 7.65. The highest BCUT2D eigenvalue weighted by atomic mass is 35.5. The van der Waals surface area contributed by atoms with Crippen molar-refractivity contribution in [1.29, 1.82) is 5.26 Å². The first-order valence-electron chi connectivity index (χ1n) is 9.10. The van der Waals surface area contributed by atoms with Crippen LogP contribution < -0.4 is 0 Å². The van der Waals surface area contributed by atoms with Gasteiger partial charge in [0.1, 0.15) is 6.07 Å². The number of piperazine rings is 1. The van der Waals surface area contributed by atoms with Crippen LogP contribution in [0.1, 0.15) is 11.1 Å². The largest absolute Gasteiger partial charge is 0.342 e. The van der Waals surface area contributed by atoms with Crippen LogP contribution in [-0.2, 0) is 13.6 Å². The predicted octanol–water partition coefficient (Wildman–Crippen LogP) is 3.51. The maximum atomic E-state index is 9.79. The Bertz CT molecular complexity index is 1020. The molecule has 0 amide bonds. The molecule has 6 heteroatoms. The lowest BCUT2D eigenvalue weighted by Crippen LogP contribution is -2.43. The van der Waals surface area contributed by atoms with Gasteiger partial charge in [-0.05, 0) is 36.9 Å². The van der Waals surface area contributed by atoms with Crippen molar-refractivity contribution < 1.29 is 0 Å². The zero-order valence-corrected chi connectivity index (χ0v) is 16.4. The van der Waals surface area contributed by atoms with Crippen LogP contribution in [0.5, 0.6) is 0 Å². The second-order valence-electron chi connectivity index (χ2n) is 7.22. The van der Waals surface area contributed by atoms with E-state index in [9.17, 15) is 5.26 Å². The van der Waals surface area contributed by atoms with E-state index in [1.807, 2.05) is 42.2 Å². The molecule has 0 N–H and O–H groups in total. The SMILES string of the molecule is CN1CCN(Cc2cncc(-c3c(C#N)c4ccc(Cl)cc4n3C)c2)CC1. The van der Waals surface area contributed by atoms with Crippen LogP contribution in [0, 0.1) is 11.3 Å². The Morgan fingerprint density at radius 1 is 1.11 bits per heavy atom. The Morgan fingerprint density at radius 2 is 1.89 bits per heavy atom. The lowest BCUT2D eigenvalue weighted by Gasteiger charge is -2.32. The molecular weight excluding hydrogens is 358 g/mol. The molecule has 0 spiro atoms. The van der Waals surface area contributed by atoms with Crippen molar-refractivity contribution >= 4 is 22.5 Å². The summed E-state index contributed by atoms with van der Waals surface area (Å²) in [6, 6.07) is 10.2. The summed E-state index contributed by atoms with van der Waals surface area (Å²) in [4.78, 5) is 9.26. The van der Waals surface area contributed by atoms with Crippen LogP contribution in [0.2, 0.25) is 5.02 Å². The van der Waals surface area contributed by atoms with E-state index in [-0.39, 0.29) is 0 Å². The third-order valence-corrected chi connectivity index (χ3v) is 5.58. The molecule has 0 saturated carbocycles. The molecule has 5 nitrogen and oxygen atoms in total. The minimum atomic E-state index is 0.668. The van der Waals surface area contributed by atoms with Crippen LogP contribution in [0.3, 0.4) is 0 Å². The number of hydrogen-bond donors (Lipinski definition) is 0. The smallest absolute Gasteiger partial charge is 0.102 e. The number of benzene rings is 1. The number of hydrogen-bond acceptors (Lipinski definition) is 4. The molecule has 1 fully saturated rings. The number of pyridine rings is 1. The predicted molar refractivity (Wildman–Crippen MR) is 109 cm³/mol. The fourth-order valence-electron chi connectivity index (χ4n) is 3.83. The molecule has 1 aliphatic heterocycles. The van der Waals surface area contributed by atoms with Gasteiger partial charge in [-0.1, -0.05) is 11.6 Å². The van der Waals surface area contributed by atoms with Gasteiger partial charge in [0.15, 0.2) is 0 Å². The van der Waals surface area contributed by atoms with Crippen molar-refractivity contribution in [2.75, 3.05) is 33.2 Å². The normalized spacial score (nSPS) is 15.9. The average molecular weight is 380 g/mol. The summed E-state index contributed by atoms with van der Waals surface area (Å²) in [7, 11) is 4.14. The Hall–Kier alpha value is -2.39. The van der Waals surface area contributed by atoms with Gasteiger partial charge < -0.3 is 9.47 Å². The highest BCUT2D eigenvalue weighted by molar-refractivity contribution is 6.31. The number of aryl methyl sites for hydroxylation is 1. The van der Waals surface area contributed by atoms with Crippen molar-refractivity contribution in [2.24, 2.45) is 7.05 Å². The molecule has 0 radical (unpaired) electrons. The highest BCUT2D eigenvalue weighted by Crippen LogP contribution is 2.34. The van der Waals surface area contributed by atoms with Gasteiger partial charge in [-0.2, -0.15) is 5.26 Å². The fraction of sp³-hybridized carbons (Fsp3) is 0.333. The summed E-state index contributed by atoms with van der Waals surface area (Å²) in [5.74, 6) is 0. The third-order valence-electron chi connectivity index (χ3n) is 5.34. The van der Waals surface area contributed by atoms with Crippen molar-refractivity contribution in [3.8, 4) is 17.3 Å². The van der Waals surface area contributed by atoms with Gasteiger partial charge in [-0.25, -0.2) is 0 Å².